The molecule has 2 unspecified atom stereocenters. The van der Waals surface area contributed by atoms with E-state index in [1.54, 1.807) is 0 Å². The average Bonchev–Trinajstić information content (AvgIpc) is 2.10. The molecule has 1 aliphatic rings. The molecule has 0 aromatic carbocycles. The molecule has 0 radical (unpaired) electrons. The van der Waals surface area contributed by atoms with Crippen LogP contribution in [0.15, 0.2) is 0 Å². The molecule has 2 heteroatoms. The third-order valence-corrected chi connectivity index (χ3v) is 2.17. The van der Waals surface area contributed by atoms with Crippen molar-refractivity contribution < 1.29 is 0 Å². The number of rotatable bonds is 1. The molecule has 0 aliphatic carbocycles. The van der Waals surface area contributed by atoms with Crippen LogP contribution in [-0.4, -0.2) is 31.1 Å². The van der Waals surface area contributed by atoms with Gasteiger partial charge in [0.2, 0.25) is 0 Å². The van der Waals surface area contributed by atoms with Gasteiger partial charge in [-0.2, -0.15) is 0 Å². The number of hydrogen-bond donors (Lipinski definition) is 1. The monoisotopic (exact) mass is 128 g/mol. The van der Waals surface area contributed by atoms with Crippen molar-refractivity contribution in [3.63, 3.8) is 0 Å². The molecule has 2 N–H and O–H groups in total. The highest BCUT2D eigenvalue weighted by Crippen LogP contribution is 2.19. The molecule has 1 aliphatic heterocycles. The van der Waals surface area contributed by atoms with E-state index in [1.807, 2.05) is 0 Å². The van der Waals surface area contributed by atoms with Crippen LogP contribution in [0.3, 0.4) is 0 Å². The Balaban J connectivity index is 2.38. The topological polar surface area (TPSA) is 29.3 Å². The van der Waals surface area contributed by atoms with Crippen molar-refractivity contribution in [1.29, 1.82) is 0 Å². The Labute approximate surface area is 57.0 Å². The van der Waals surface area contributed by atoms with Gasteiger partial charge in [0.05, 0.1) is 0 Å². The second-order valence-corrected chi connectivity index (χ2v) is 3.17. The molecule has 9 heavy (non-hydrogen) atoms. The Morgan fingerprint density at radius 3 is 2.56 bits per heavy atom. The van der Waals surface area contributed by atoms with Crippen LogP contribution in [0.5, 0.6) is 0 Å². The maximum absolute atomic E-state index is 5.54. The molecule has 0 aromatic rings. The van der Waals surface area contributed by atoms with E-state index in [2.05, 4.69) is 18.9 Å². The lowest BCUT2D eigenvalue weighted by molar-refractivity contribution is 0.314. The van der Waals surface area contributed by atoms with Gasteiger partial charge in [-0.05, 0) is 19.4 Å². The lowest BCUT2D eigenvalue weighted by atomic mass is 10.1. The molecule has 1 heterocycles. The van der Waals surface area contributed by atoms with Gasteiger partial charge in [-0.15, -0.1) is 0 Å². The normalized spacial score (nSPS) is 37.7. The van der Waals surface area contributed by atoms with Crippen LogP contribution >= 0.6 is 0 Å². The summed E-state index contributed by atoms with van der Waals surface area (Å²) in [6.07, 6.45) is 1.28. The lowest BCUT2D eigenvalue weighted by Gasteiger charge is -2.15. The smallest absolute Gasteiger partial charge is 0.0218 e. The van der Waals surface area contributed by atoms with Crippen molar-refractivity contribution in [1.82, 2.24) is 4.90 Å². The predicted octanol–water partition coefficient (Wildman–Crippen LogP) is 0.285. The zero-order valence-electron chi connectivity index (χ0n) is 6.30. The fraction of sp³-hybridized carbons (Fsp3) is 1.00. The number of nitrogens with zero attached hydrogens (tertiary/aromatic N) is 1. The van der Waals surface area contributed by atoms with Crippen molar-refractivity contribution >= 4 is 0 Å². The fourth-order valence-electron chi connectivity index (χ4n) is 1.64. The molecule has 2 atom stereocenters. The average molecular weight is 128 g/mol. The second-order valence-electron chi connectivity index (χ2n) is 3.17. The molecule has 0 spiro atoms. The van der Waals surface area contributed by atoms with E-state index < -0.39 is 0 Å². The minimum atomic E-state index is 0.653. The summed E-state index contributed by atoms with van der Waals surface area (Å²) in [5.74, 6) is 0.851. The molecule has 1 rings (SSSR count). The molecule has 0 aromatic heterocycles. The van der Waals surface area contributed by atoms with Gasteiger partial charge in [-0.25, -0.2) is 0 Å². The van der Waals surface area contributed by atoms with Crippen LogP contribution in [-0.2, 0) is 0 Å². The van der Waals surface area contributed by atoms with E-state index in [9.17, 15) is 0 Å². The van der Waals surface area contributed by atoms with Crippen LogP contribution < -0.4 is 5.73 Å². The van der Waals surface area contributed by atoms with E-state index in [1.165, 1.54) is 13.0 Å². The molecule has 54 valence electrons. The van der Waals surface area contributed by atoms with Gasteiger partial charge >= 0.3 is 0 Å². The van der Waals surface area contributed by atoms with Crippen molar-refractivity contribution in [2.24, 2.45) is 11.7 Å². The van der Waals surface area contributed by atoms with Gasteiger partial charge in [-0.1, -0.05) is 6.92 Å². The number of nitrogens with two attached hydrogens (primary N) is 1. The van der Waals surface area contributed by atoms with E-state index in [4.69, 9.17) is 5.73 Å². The lowest BCUT2D eigenvalue weighted by Crippen LogP contribution is -2.31. The van der Waals surface area contributed by atoms with Crippen molar-refractivity contribution in [2.75, 3.05) is 20.1 Å². The Hall–Kier alpha value is -0.0800. The fourth-order valence-corrected chi connectivity index (χ4v) is 1.64. The van der Waals surface area contributed by atoms with Crippen LogP contribution in [0.4, 0.5) is 0 Å². The summed E-state index contributed by atoms with van der Waals surface area (Å²) >= 11 is 0. The van der Waals surface area contributed by atoms with Crippen LogP contribution in [0.2, 0.25) is 0 Å². The Bertz CT molecular complexity index is 92.9. The third kappa shape index (κ3) is 1.43. The summed E-state index contributed by atoms with van der Waals surface area (Å²) in [5.41, 5.74) is 5.54. The standard InChI is InChI=1S/C7H16N2/c1-6-3-7(4-8)9(2)5-6/h6-7H,3-5,8H2,1-2H3. The maximum Gasteiger partial charge on any atom is 0.0218 e. The Morgan fingerprint density at radius 1 is 1.67 bits per heavy atom. The maximum atomic E-state index is 5.54. The highest BCUT2D eigenvalue weighted by Gasteiger charge is 2.24. The number of likely N-dealkylation sites (N-methyl/N-ethyl adjacent to an activating group) is 1. The first-order chi connectivity index (χ1) is 4.24. The predicted molar refractivity (Wildman–Crippen MR) is 39.3 cm³/mol. The van der Waals surface area contributed by atoms with E-state index >= 15 is 0 Å². The quantitative estimate of drug-likeness (QED) is 0.550. The summed E-state index contributed by atoms with van der Waals surface area (Å²) in [4.78, 5) is 2.35. The van der Waals surface area contributed by atoms with Gasteiger partial charge in [0, 0.05) is 19.1 Å². The van der Waals surface area contributed by atoms with Gasteiger partial charge in [0.15, 0.2) is 0 Å². The highest BCUT2D eigenvalue weighted by atomic mass is 15.2. The third-order valence-electron chi connectivity index (χ3n) is 2.17. The summed E-state index contributed by atoms with van der Waals surface area (Å²) in [7, 11) is 2.15. The zero-order valence-corrected chi connectivity index (χ0v) is 6.30. The highest BCUT2D eigenvalue weighted by molar-refractivity contribution is 4.80. The molecular weight excluding hydrogens is 112 g/mol. The second kappa shape index (κ2) is 2.67. The molecular formula is C7H16N2. The summed E-state index contributed by atoms with van der Waals surface area (Å²) < 4.78 is 0. The first-order valence-corrected chi connectivity index (χ1v) is 3.64. The molecule has 2 nitrogen and oxygen atoms in total. The molecule has 1 saturated heterocycles. The molecule has 0 saturated carbocycles. The van der Waals surface area contributed by atoms with Crippen molar-refractivity contribution in [3.8, 4) is 0 Å². The number of likely N-dealkylation sites (tertiary alicyclic amines) is 1. The van der Waals surface area contributed by atoms with Crippen LogP contribution in [0.25, 0.3) is 0 Å². The van der Waals surface area contributed by atoms with Crippen LogP contribution in [0.1, 0.15) is 13.3 Å². The zero-order chi connectivity index (χ0) is 6.85. The van der Waals surface area contributed by atoms with E-state index in [0.29, 0.717) is 6.04 Å². The van der Waals surface area contributed by atoms with Crippen LogP contribution in [0, 0.1) is 5.92 Å². The van der Waals surface area contributed by atoms with Gasteiger partial charge in [0.25, 0.3) is 0 Å². The van der Waals surface area contributed by atoms with Crippen molar-refractivity contribution in [3.05, 3.63) is 0 Å². The minimum Gasteiger partial charge on any atom is -0.329 e. The summed E-state index contributed by atoms with van der Waals surface area (Å²) in [5, 5.41) is 0. The largest absolute Gasteiger partial charge is 0.329 e. The molecule has 0 amide bonds. The Kier molecular flexibility index (Phi) is 2.09. The van der Waals surface area contributed by atoms with Gasteiger partial charge in [0.1, 0.15) is 0 Å². The van der Waals surface area contributed by atoms with E-state index in [0.717, 1.165) is 12.5 Å². The van der Waals surface area contributed by atoms with E-state index in [-0.39, 0.29) is 0 Å². The first-order valence-electron chi connectivity index (χ1n) is 3.64. The minimum absolute atomic E-state index is 0.653. The van der Waals surface area contributed by atoms with Crippen molar-refractivity contribution in [2.45, 2.75) is 19.4 Å². The molecule has 1 fully saturated rings. The van der Waals surface area contributed by atoms with Gasteiger partial charge in [-0.3, -0.25) is 0 Å². The first kappa shape index (κ1) is 7.03. The SMILES string of the molecule is CC1CC(CN)N(C)C1. The molecule has 0 bridgehead atoms. The Morgan fingerprint density at radius 2 is 2.33 bits per heavy atom. The summed E-state index contributed by atoms with van der Waals surface area (Å²) in [6, 6.07) is 0.653. The van der Waals surface area contributed by atoms with Gasteiger partial charge < -0.3 is 10.6 Å². The summed E-state index contributed by atoms with van der Waals surface area (Å²) in [6.45, 7) is 4.33. The number of hydrogen-bond acceptors (Lipinski definition) is 2.